The highest BCUT2D eigenvalue weighted by molar-refractivity contribution is 7.21. The lowest BCUT2D eigenvalue weighted by atomic mass is 9.34. The molecule has 0 bridgehead atoms. The number of fused-ring (bicyclic) bond motifs is 10. The van der Waals surface area contributed by atoms with Gasteiger partial charge in [0.25, 0.3) is 0 Å². The minimum atomic E-state index is -3.12. The molecule has 0 aliphatic carbocycles. The first-order valence-corrected chi connectivity index (χ1v) is 25.2. The number of ether oxygens (including phenoxy) is 2. The zero-order valence-corrected chi connectivity index (χ0v) is 37.9. The summed E-state index contributed by atoms with van der Waals surface area (Å²) < 4.78 is 12.4. The highest BCUT2D eigenvalue weighted by Crippen LogP contribution is 2.48. The number of benzene rings is 11. The minimum absolute atomic E-state index is 0.0781. The van der Waals surface area contributed by atoms with E-state index in [2.05, 4.69) is 195 Å². The largest absolute Gasteiger partial charge is 0.497 e. The summed E-state index contributed by atoms with van der Waals surface area (Å²) in [7, 11) is 0.502. The van der Waals surface area contributed by atoms with E-state index < -0.39 is 8.07 Å². The molecule has 4 aliphatic rings. The SMILES string of the molecule is COc1cc2c3c(c1)-c1cc(C)c4cc5c6c(cc([Si](c7ccccc7)(c7ccccc7)c7ccccc7)c7cc(c1c4c76)B3c1ccccc1-2)-c1cc(OC)cc2c1B5c1ccccc1-2. The smallest absolute Gasteiger partial charge is 0.244 e. The van der Waals surface area contributed by atoms with Crippen molar-refractivity contribution in [2.75, 3.05) is 14.2 Å². The fourth-order valence-corrected chi connectivity index (χ4v) is 18.6. The first-order valence-electron chi connectivity index (χ1n) is 23.2. The monoisotopic (exact) mass is 854 g/mol. The summed E-state index contributed by atoms with van der Waals surface area (Å²) in [5.74, 6) is 1.79. The lowest BCUT2D eigenvalue weighted by Gasteiger charge is -2.38. The number of hydrogen-bond donors (Lipinski definition) is 0. The molecule has 11 aromatic rings. The molecule has 2 nitrogen and oxygen atoms in total. The maximum atomic E-state index is 6.24. The van der Waals surface area contributed by atoms with E-state index in [4.69, 9.17) is 9.47 Å². The summed E-state index contributed by atoms with van der Waals surface area (Å²) >= 11 is 0. The molecule has 4 aliphatic heterocycles. The minimum Gasteiger partial charge on any atom is -0.497 e. The van der Waals surface area contributed by atoms with Crippen molar-refractivity contribution in [1.82, 2.24) is 0 Å². The van der Waals surface area contributed by atoms with Crippen LogP contribution < -0.4 is 63.0 Å². The molecule has 0 aromatic heterocycles. The van der Waals surface area contributed by atoms with Crippen molar-refractivity contribution < 1.29 is 9.47 Å². The molecule has 11 aromatic carbocycles. The van der Waals surface area contributed by atoms with Crippen LogP contribution in [0, 0.1) is 6.92 Å². The number of methoxy groups -OCH3 is 2. The van der Waals surface area contributed by atoms with Crippen LogP contribution >= 0.6 is 0 Å². The molecule has 0 radical (unpaired) electrons. The van der Waals surface area contributed by atoms with Gasteiger partial charge >= 0.3 is 0 Å². The van der Waals surface area contributed by atoms with Gasteiger partial charge in [0.1, 0.15) is 11.5 Å². The molecule has 0 amide bonds. The van der Waals surface area contributed by atoms with Crippen molar-refractivity contribution in [3.05, 3.63) is 194 Å². The van der Waals surface area contributed by atoms with E-state index in [-0.39, 0.29) is 13.4 Å². The summed E-state index contributed by atoms with van der Waals surface area (Å²) in [5, 5.41) is 13.8. The van der Waals surface area contributed by atoms with Gasteiger partial charge in [0.15, 0.2) is 8.07 Å². The first kappa shape index (κ1) is 36.7. The van der Waals surface area contributed by atoms with Crippen LogP contribution in [0.2, 0.25) is 0 Å². The second kappa shape index (κ2) is 13.0. The van der Waals surface area contributed by atoms with E-state index in [0.29, 0.717) is 0 Å². The fraction of sp³-hybridized carbons (Fsp3) is 0.0492. The molecule has 0 unspecified atom stereocenters. The molecule has 4 heterocycles. The Hall–Kier alpha value is -7.59. The predicted molar refractivity (Wildman–Crippen MR) is 283 cm³/mol. The quantitative estimate of drug-likeness (QED) is 0.0999. The summed E-state index contributed by atoms with van der Waals surface area (Å²) in [5.41, 5.74) is 20.0. The van der Waals surface area contributed by atoms with Crippen LogP contribution in [0.5, 0.6) is 11.5 Å². The topological polar surface area (TPSA) is 18.5 Å². The summed E-state index contributed by atoms with van der Waals surface area (Å²) in [4.78, 5) is 0. The molecule has 5 heteroatoms. The molecular formula is C61H40B2O2Si. The molecule has 0 saturated heterocycles. The maximum Gasteiger partial charge on any atom is 0.244 e. The zero-order valence-electron chi connectivity index (χ0n) is 36.9. The van der Waals surface area contributed by atoms with Crippen LogP contribution in [0.4, 0.5) is 0 Å². The van der Waals surface area contributed by atoms with E-state index in [1.807, 2.05) is 7.11 Å². The zero-order chi connectivity index (χ0) is 43.6. The molecule has 0 N–H and O–H groups in total. The third-order valence-electron chi connectivity index (χ3n) is 16.1. The summed E-state index contributed by atoms with van der Waals surface area (Å²) in [6.45, 7) is 2.53. The second-order valence-electron chi connectivity index (χ2n) is 18.9. The van der Waals surface area contributed by atoms with Crippen molar-refractivity contribution in [3.63, 3.8) is 0 Å². The van der Waals surface area contributed by atoms with E-state index in [9.17, 15) is 0 Å². The Balaban J connectivity index is 1.22. The maximum absolute atomic E-state index is 6.24. The lowest BCUT2D eigenvalue weighted by molar-refractivity contribution is 0.415. The van der Waals surface area contributed by atoms with Gasteiger partial charge in [-0.05, 0) is 134 Å². The average molecular weight is 855 g/mol. The van der Waals surface area contributed by atoms with Crippen LogP contribution in [0.3, 0.4) is 0 Å². The Morgan fingerprint density at radius 3 is 1.21 bits per heavy atom. The van der Waals surface area contributed by atoms with Crippen LogP contribution in [-0.4, -0.2) is 35.7 Å². The van der Waals surface area contributed by atoms with Crippen LogP contribution in [-0.2, 0) is 0 Å². The third-order valence-corrected chi connectivity index (χ3v) is 20.9. The predicted octanol–water partition coefficient (Wildman–Crippen LogP) is 7.24. The van der Waals surface area contributed by atoms with Gasteiger partial charge in [0.2, 0.25) is 13.4 Å². The number of aryl methyl sites for hydroxylation is 1. The van der Waals surface area contributed by atoms with E-state index >= 15 is 0 Å². The van der Waals surface area contributed by atoms with Crippen LogP contribution in [0.1, 0.15) is 5.56 Å². The molecule has 66 heavy (non-hydrogen) atoms. The van der Waals surface area contributed by atoms with E-state index in [0.717, 1.165) is 11.5 Å². The fourth-order valence-electron chi connectivity index (χ4n) is 13.6. The average Bonchev–Trinajstić information content (AvgIpc) is 3.89. The van der Waals surface area contributed by atoms with Crippen molar-refractivity contribution in [3.8, 4) is 56.0 Å². The van der Waals surface area contributed by atoms with E-state index in [1.54, 1.807) is 7.11 Å². The Kier molecular flexibility index (Phi) is 7.25. The second-order valence-corrected chi connectivity index (χ2v) is 22.7. The highest BCUT2D eigenvalue weighted by Gasteiger charge is 2.48. The molecule has 15 rings (SSSR count). The molecular weight excluding hydrogens is 814 g/mol. The van der Waals surface area contributed by atoms with Gasteiger partial charge in [-0.1, -0.05) is 197 Å². The Morgan fingerprint density at radius 2 is 0.742 bits per heavy atom. The van der Waals surface area contributed by atoms with E-state index in [1.165, 1.54) is 136 Å². The molecule has 0 atom stereocenters. The van der Waals surface area contributed by atoms with Gasteiger partial charge in [-0.25, -0.2) is 0 Å². The molecule has 0 fully saturated rings. The van der Waals surface area contributed by atoms with Crippen molar-refractivity contribution in [1.29, 1.82) is 0 Å². The Bertz CT molecular complexity index is 3820. The van der Waals surface area contributed by atoms with Crippen molar-refractivity contribution >= 4 is 107 Å². The standard InChI is InChI=1S/C61H40B2O2Si/c1-35-27-44-48-30-36(64-2)28-46-41-23-14-16-26-52(41)63(60(46)48)54-33-50-55(66(38-17-7-4-8-18-38,39-19-9-5-10-20-39)40-21-11-6-12-22-40)34-45-49-31-37(65-3)29-47-42-24-13-15-25-51(42)62(61(47)49)53-32-43(35)58(56(44)54)59(50)57(45)53/h4-34H,1-3H3. The lowest BCUT2D eigenvalue weighted by Crippen LogP contribution is -2.75. The summed E-state index contributed by atoms with van der Waals surface area (Å²) in [6.07, 6.45) is 0. The molecule has 0 saturated carbocycles. The third kappa shape index (κ3) is 4.40. The Labute approximate surface area is 385 Å². The van der Waals surface area contributed by atoms with Gasteiger partial charge in [-0.3, -0.25) is 0 Å². The van der Waals surface area contributed by atoms with Gasteiger partial charge in [0.05, 0.1) is 14.2 Å². The highest BCUT2D eigenvalue weighted by atomic mass is 28.3. The van der Waals surface area contributed by atoms with Crippen LogP contribution in [0.15, 0.2) is 188 Å². The normalized spacial score (nSPS) is 13.3. The first-order chi connectivity index (χ1) is 32.6. The molecule has 0 spiro atoms. The number of rotatable bonds is 6. The summed E-state index contributed by atoms with van der Waals surface area (Å²) in [6, 6.07) is 72.4. The van der Waals surface area contributed by atoms with Crippen LogP contribution in [0.25, 0.3) is 76.8 Å². The van der Waals surface area contributed by atoms with Gasteiger partial charge in [-0.15, -0.1) is 0 Å². The van der Waals surface area contributed by atoms with Crippen molar-refractivity contribution in [2.45, 2.75) is 6.92 Å². The number of hydrogen-bond acceptors (Lipinski definition) is 2. The van der Waals surface area contributed by atoms with Gasteiger partial charge < -0.3 is 9.47 Å². The van der Waals surface area contributed by atoms with Crippen molar-refractivity contribution in [2.24, 2.45) is 0 Å². The van der Waals surface area contributed by atoms with Gasteiger partial charge in [0, 0.05) is 0 Å². The van der Waals surface area contributed by atoms with Gasteiger partial charge in [-0.2, -0.15) is 0 Å². The molecule has 306 valence electrons. The Morgan fingerprint density at radius 1 is 0.348 bits per heavy atom.